The normalized spacial score (nSPS) is 18.9. The Bertz CT molecular complexity index is 1180. The van der Waals surface area contributed by atoms with E-state index in [2.05, 4.69) is 25.6 Å². The van der Waals surface area contributed by atoms with Crippen LogP contribution in [0.15, 0.2) is 34.1 Å². The molecule has 0 saturated carbocycles. The molecule has 1 N–H and O–H groups in total. The van der Waals surface area contributed by atoms with Gasteiger partial charge in [-0.25, -0.2) is 0 Å². The Morgan fingerprint density at radius 2 is 2.11 bits per heavy atom. The zero-order valence-electron chi connectivity index (χ0n) is 21.5. The van der Waals surface area contributed by atoms with Gasteiger partial charge in [0.05, 0.1) is 19.3 Å². The first-order chi connectivity index (χ1) is 18.6. The van der Waals surface area contributed by atoms with Crippen LogP contribution in [0, 0.1) is 6.92 Å². The number of tetrazole rings is 1. The number of hydrogen-bond donors (Lipinski definition) is 1. The van der Waals surface area contributed by atoms with E-state index in [-0.39, 0.29) is 24.5 Å². The second-order valence-electron chi connectivity index (χ2n) is 9.39. The number of morpholine rings is 1. The monoisotopic (exact) mass is 543 g/mol. The van der Waals surface area contributed by atoms with Crippen LogP contribution >= 0.6 is 11.3 Å². The number of nitrogens with zero attached hydrogens (tertiary/aromatic N) is 6. The number of nitrogens with one attached hydrogen (secondary N) is 1. The third kappa shape index (κ3) is 6.65. The van der Waals surface area contributed by atoms with Gasteiger partial charge in [-0.2, -0.15) is 4.80 Å². The van der Waals surface area contributed by atoms with Crippen molar-refractivity contribution in [1.82, 2.24) is 35.3 Å². The van der Waals surface area contributed by atoms with E-state index in [0.29, 0.717) is 51.0 Å². The zero-order valence-corrected chi connectivity index (χ0v) is 22.3. The van der Waals surface area contributed by atoms with E-state index >= 15 is 0 Å². The van der Waals surface area contributed by atoms with Gasteiger partial charge in [-0.15, -0.1) is 21.5 Å². The van der Waals surface area contributed by atoms with Crippen LogP contribution in [0.2, 0.25) is 0 Å². The van der Waals surface area contributed by atoms with Gasteiger partial charge in [-0.05, 0) is 48.6 Å². The van der Waals surface area contributed by atoms with Crippen molar-refractivity contribution in [2.45, 2.75) is 38.5 Å². The van der Waals surface area contributed by atoms with Crippen molar-refractivity contribution in [3.8, 4) is 11.6 Å². The van der Waals surface area contributed by atoms with E-state index in [9.17, 15) is 9.59 Å². The summed E-state index contributed by atoms with van der Waals surface area (Å²) in [6.45, 7) is 6.68. The van der Waals surface area contributed by atoms with Crippen LogP contribution in [0.1, 0.15) is 29.5 Å². The minimum atomic E-state index is -0.777. The fourth-order valence-electron chi connectivity index (χ4n) is 4.63. The fourth-order valence-corrected chi connectivity index (χ4v) is 5.47. The Balaban J connectivity index is 1.34. The number of amides is 2. The number of aromatic nitrogens is 4. The molecule has 2 fully saturated rings. The average Bonchev–Trinajstić information content (AvgIpc) is 3.74. The predicted molar refractivity (Wildman–Crippen MR) is 138 cm³/mol. The fraction of sp³-hybridized carbons (Fsp3) is 0.560. The standard InChI is InChI=1S/C25H33N7O5S/c1-18-6-7-20(37-18)24-27-29-32(28-24)17-22(33)31(9-8-30-10-13-35-14-11-30)23(21-5-3-15-38-21)25(34)26-16-19-4-2-12-36-19/h3,5-7,15,19,23H,2,4,8-14,16-17H2,1H3,(H,26,34)/t19-,23-/m0/s1. The molecule has 12 nitrogen and oxygen atoms in total. The SMILES string of the molecule is Cc1ccc(-c2nnn(CC(=O)N(CCN3CCOCC3)[C@H](C(=O)NC[C@@H]3CCCO3)c3cccs3)n2)o1. The van der Waals surface area contributed by atoms with Gasteiger partial charge >= 0.3 is 0 Å². The lowest BCUT2D eigenvalue weighted by molar-refractivity contribution is -0.142. The number of ether oxygens (including phenoxy) is 2. The summed E-state index contributed by atoms with van der Waals surface area (Å²) < 4.78 is 16.7. The molecule has 2 saturated heterocycles. The number of carbonyl (C=O) groups is 2. The van der Waals surface area contributed by atoms with Gasteiger partial charge in [0.2, 0.25) is 17.6 Å². The highest BCUT2D eigenvalue weighted by atomic mass is 32.1. The van der Waals surface area contributed by atoms with Gasteiger partial charge < -0.3 is 24.1 Å². The largest absolute Gasteiger partial charge is 0.458 e. The number of hydrogen-bond acceptors (Lipinski definition) is 10. The molecule has 13 heteroatoms. The van der Waals surface area contributed by atoms with Crippen molar-refractivity contribution in [2.24, 2.45) is 0 Å². The van der Waals surface area contributed by atoms with Crippen LogP contribution in [-0.4, -0.2) is 100 Å². The molecule has 0 spiro atoms. The maximum absolute atomic E-state index is 13.8. The molecule has 0 aromatic carbocycles. The first-order valence-corrected chi connectivity index (χ1v) is 13.8. The summed E-state index contributed by atoms with van der Waals surface area (Å²) in [7, 11) is 0. The predicted octanol–water partition coefficient (Wildman–Crippen LogP) is 1.50. The molecule has 0 unspecified atom stereocenters. The quantitative estimate of drug-likeness (QED) is 0.383. The van der Waals surface area contributed by atoms with Gasteiger partial charge in [0.15, 0.2) is 5.76 Å². The van der Waals surface area contributed by atoms with E-state index in [4.69, 9.17) is 13.9 Å². The van der Waals surface area contributed by atoms with Gasteiger partial charge in [0.25, 0.3) is 0 Å². The number of carbonyl (C=O) groups excluding carboxylic acids is 2. The molecular weight excluding hydrogens is 510 g/mol. The van der Waals surface area contributed by atoms with Crippen LogP contribution in [0.3, 0.4) is 0 Å². The summed E-state index contributed by atoms with van der Waals surface area (Å²) in [5, 5.41) is 17.4. The van der Waals surface area contributed by atoms with E-state index in [1.165, 1.54) is 16.1 Å². The first kappa shape index (κ1) is 26.5. The lowest BCUT2D eigenvalue weighted by atomic mass is 10.1. The van der Waals surface area contributed by atoms with Gasteiger partial charge in [0, 0.05) is 44.2 Å². The molecule has 0 radical (unpaired) electrons. The molecular formula is C25H33N7O5S. The molecule has 5 heterocycles. The lowest BCUT2D eigenvalue weighted by Gasteiger charge is -2.34. The number of rotatable bonds is 11. The van der Waals surface area contributed by atoms with Crippen molar-refractivity contribution in [3.05, 3.63) is 40.3 Å². The highest BCUT2D eigenvalue weighted by Crippen LogP contribution is 2.27. The van der Waals surface area contributed by atoms with Gasteiger partial charge in [-0.3, -0.25) is 14.5 Å². The van der Waals surface area contributed by atoms with Crippen molar-refractivity contribution < 1.29 is 23.5 Å². The van der Waals surface area contributed by atoms with Crippen LogP contribution < -0.4 is 5.32 Å². The topological polar surface area (TPSA) is 128 Å². The molecule has 0 aliphatic carbocycles. The minimum Gasteiger partial charge on any atom is -0.458 e. The van der Waals surface area contributed by atoms with Crippen LogP contribution in [0.4, 0.5) is 0 Å². The van der Waals surface area contributed by atoms with Crippen molar-refractivity contribution in [3.63, 3.8) is 0 Å². The van der Waals surface area contributed by atoms with E-state index in [1.807, 2.05) is 30.5 Å². The summed E-state index contributed by atoms with van der Waals surface area (Å²) in [5.74, 6) is 1.01. The van der Waals surface area contributed by atoms with Gasteiger partial charge in [-0.1, -0.05) is 6.07 Å². The zero-order chi connectivity index (χ0) is 26.3. The minimum absolute atomic E-state index is 0.00319. The van der Waals surface area contributed by atoms with Crippen LogP contribution in [-0.2, 0) is 25.6 Å². The highest BCUT2D eigenvalue weighted by Gasteiger charge is 2.33. The lowest BCUT2D eigenvalue weighted by Crippen LogP contribution is -2.49. The van der Waals surface area contributed by atoms with E-state index < -0.39 is 6.04 Å². The molecule has 38 heavy (non-hydrogen) atoms. The smallest absolute Gasteiger partial charge is 0.248 e. The van der Waals surface area contributed by atoms with Crippen molar-refractivity contribution in [2.75, 3.05) is 52.5 Å². The molecule has 0 bridgehead atoms. The number of thiophene rings is 1. The molecule has 2 atom stereocenters. The Morgan fingerprint density at radius 3 is 2.82 bits per heavy atom. The molecule has 3 aromatic rings. The summed E-state index contributed by atoms with van der Waals surface area (Å²) in [5.41, 5.74) is 0. The van der Waals surface area contributed by atoms with Crippen molar-refractivity contribution in [1.29, 1.82) is 0 Å². The number of aryl methyl sites for hydroxylation is 1. The second kappa shape index (κ2) is 12.6. The molecule has 2 aliphatic rings. The number of furan rings is 1. The highest BCUT2D eigenvalue weighted by molar-refractivity contribution is 7.10. The third-order valence-corrected chi connectivity index (χ3v) is 7.60. The van der Waals surface area contributed by atoms with Crippen LogP contribution in [0.25, 0.3) is 11.6 Å². The summed E-state index contributed by atoms with van der Waals surface area (Å²) in [6.07, 6.45) is 1.91. The second-order valence-corrected chi connectivity index (χ2v) is 10.4. The first-order valence-electron chi connectivity index (χ1n) is 12.9. The Hall–Kier alpha value is -3.13. The molecule has 5 rings (SSSR count). The summed E-state index contributed by atoms with van der Waals surface area (Å²) in [6, 6.07) is 6.58. The van der Waals surface area contributed by atoms with Crippen LogP contribution in [0.5, 0.6) is 0 Å². The van der Waals surface area contributed by atoms with E-state index in [0.717, 1.165) is 36.6 Å². The summed E-state index contributed by atoms with van der Waals surface area (Å²) >= 11 is 1.45. The van der Waals surface area contributed by atoms with Crippen molar-refractivity contribution >= 4 is 23.2 Å². The molecule has 204 valence electrons. The Kier molecular flexibility index (Phi) is 8.79. The maximum Gasteiger partial charge on any atom is 0.248 e. The van der Waals surface area contributed by atoms with E-state index in [1.54, 1.807) is 11.0 Å². The molecule has 2 amide bonds. The molecule has 2 aliphatic heterocycles. The Morgan fingerprint density at radius 1 is 1.24 bits per heavy atom. The van der Waals surface area contributed by atoms with Gasteiger partial charge in [0.1, 0.15) is 18.3 Å². The summed E-state index contributed by atoms with van der Waals surface area (Å²) in [4.78, 5) is 33.3. The molecule has 3 aromatic heterocycles. The Labute approximate surface area is 224 Å². The maximum atomic E-state index is 13.8. The average molecular weight is 544 g/mol. The third-order valence-electron chi connectivity index (χ3n) is 6.67.